The molecule has 3 aromatic rings. The van der Waals surface area contributed by atoms with Crippen LogP contribution in [-0.2, 0) is 4.79 Å². The molecule has 0 atom stereocenters. The summed E-state index contributed by atoms with van der Waals surface area (Å²) in [5.41, 5.74) is 7.72. The number of aromatic nitrogens is 4. The van der Waals surface area contributed by atoms with E-state index in [0.29, 0.717) is 29.9 Å². The fourth-order valence-electron chi connectivity index (χ4n) is 2.68. The molecule has 1 saturated carbocycles. The van der Waals surface area contributed by atoms with Crippen LogP contribution in [0, 0.1) is 0 Å². The molecular formula is C18H19N7O2. The zero-order valence-corrected chi connectivity index (χ0v) is 14.6. The molecule has 3 heterocycles. The minimum Gasteiger partial charge on any atom is -0.442 e. The van der Waals surface area contributed by atoms with E-state index in [9.17, 15) is 4.79 Å². The van der Waals surface area contributed by atoms with Gasteiger partial charge in [-0.25, -0.2) is 9.97 Å². The van der Waals surface area contributed by atoms with E-state index in [1.165, 1.54) is 6.39 Å². The summed E-state index contributed by atoms with van der Waals surface area (Å²) in [4.78, 5) is 28.1. The van der Waals surface area contributed by atoms with Gasteiger partial charge < -0.3 is 20.8 Å². The molecule has 1 fully saturated rings. The number of anilines is 3. The predicted octanol–water partition coefficient (Wildman–Crippen LogP) is 2.43. The molecule has 27 heavy (non-hydrogen) atoms. The van der Waals surface area contributed by atoms with Crippen LogP contribution in [-0.4, -0.2) is 32.4 Å². The van der Waals surface area contributed by atoms with E-state index in [-0.39, 0.29) is 12.3 Å². The molecule has 138 valence electrons. The highest BCUT2D eigenvalue weighted by molar-refractivity contribution is 5.74. The lowest BCUT2D eigenvalue weighted by Gasteiger charge is -2.12. The molecule has 4 rings (SSSR count). The maximum absolute atomic E-state index is 11.0. The van der Waals surface area contributed by atoms with Crippen LogP contribution in [0.15, 0.2) is 41.5 Å². The lowest BCUT2D eigenvalue weighted by molar-refractivity contribution is -0.117. The van der Waals surface area contributed by atoms with Gasteiger partial charge in [-0.3, -0.25) is 9.78 Å². The zero-order valence-electron chi connectivity index (χ0n) is 14.6. The number of nitrogens with two attached hydrogens (primary N) is 1. The predicted molar refractivity (Wildman–Crippen MR) is 99.3 cm³/mol. The SMILES string of the molecule is NC(=O)CCNc1nc(Nc2ccc(-c3cnco3)nc2)ncc1C1CC1. The second-order valence-electron chi connectivity index (χ2n) is 6.34. The molecule has 1 aliphatic rings. The van der Waals surface area contributed by atoms with E-state index in [4.69, 9.17) is 10.2 Å². The Morgan fingerprint density at radius 3 is 2.78 bits per heavy atom. The Kier molecular flexibility index (Phi) is 4.65. The number of oxazole rings is 1. The first kappa shape index (κ1) is 17.0. The van der Waals surface area contributed by atoms with Crippen LogP contribution >= 0.6 is 0 Å². The third kappa shape index (κ3) is 4.20. The van der Waals surface area contributed by atoms with Gasteiger partial charge in [0, 0.05) is 24.7 Å². The van der Waals surface area contributed by atoms with Crippen molar-refractivity contribution in [2.24, 2.45) is 5.73 Å². The molecule has 0 aromatic carbocycles. The molecule has 0 unspecified atom stereocenters. The number of rotatable bonds is 8. The summed E-state index contributed by atoms with van der Waals surface area (Å²) in [7, 11) is 0. The normalized spacial score (nSPS) is 13.3. The van der Waals surface area contributed by atoms with E-state index < -0.39 is 0 Å². The Balaban J connectivity index is 1.48. The molecule has 9 nitrogen and oxygen atoms in total. The standard InChI is InChI=1S/C18H19N7O2/c19-16(26)5-6-21-17-13(11-1-2-11)8-23-18(25-17)24-12-3-4-14(22-7-12)15-9-20-10-27-15/h3-4,7-11H,1-2,5-6H2,(H2,19,26)(H2,21,23,24,25). The van der Waals surface area contributed by atoms with Crippen molar-refractivity contribution in [1.82, 2.24) is 19.9 Å². The second-order valence-corrected chi connectivity index (χ2v) is 6.34. The summed E-state index contributed by atoms with van der Waals surface area (Å²) in [6.07, 6.45) is 9.00. The summed E-state index contributed by atoms with van der Waals surface area (Å²) in [6, 6.07) is 3.69. The van der Waals surface area contributed by atoms with E-state index in [1.54, 1.807) is 12.4 Å². The Hall–Kier alpha value is -3.49. The highest BCUT2D eigenvalue weighted by Gasteiger charge is 2.27. The summed E-state index contributed by atoms with van der Waals surface area (Å²) >= 11 is 0. The monoisotopic (exact) mass is 365 g/mol. The Labute approximate surface area is 155 Å². The molecule has 0 radical (unpaired) electrons. The third-order valence-electron chi connectivity index (χ3n) is 4.20. The lowest BCUT2D eigenvalue weighted by Crippen LogP contribution is -2.17. The van der Waals surface area contributed by atoms with Gasteiger partial charge >= 0.3 is 0 Å². The van der Waals surface area contributed by atoms with Crippen molar-refractivity contribution in [1.29, 1.82) is 0 Å². The number of nitrogens with zero attached hydrogens (tertiary/aromatic N) is 4. The molecule has 4 N–H and O–H groups in total. The van der Waals surface area contributed by atoms with E-state index in [1.807, 2.05) is 18.3 Å². The van der Waals surface area contributed by atoms with Crippen LogP contribution in [0.25, 0.3) is 11.5 Å². The lowest BCUT2D eigenvalue weighted by atomic mass is 10.2. The van der Waals surface area contributed by atoms with Crippen molar-refractivity contribution in [3.63, 3.8) is 0 Å². The summed E-state index contributed by atoms with van der Waals surface area (Å²) in [6.45, 7) is 0.443. The fraction of sp³-hybridized carbons (Fsp3) is 0.278. The maximum atomic E-state index is 11.0. The highest BCUT2D eigenvalue weighted by atomic mass is 16.3. The average molecular weight is 365 g/mol. The van der Waals surface area contributed by atoms with Gasteiger partial charge in [-0.05, 0) is 30.9 Å². The van der Waals surface area contributed by atoms with Crippen molar-refractivity contribution in [3.8, 4) is 11.5 Å². The van der Waals surface area contributed by atoms with Crippen LogP contribution in [0.4, 0.5) is 17.5 Å². The number of carbonyl (C=O) groups excluding carboxylic acids is 1. The topological polar surface area (TPSA) is 132 Å². The Bertz CT molecular complexity index is 921. The fourth-order valence-corrected chi connectivity index (χ4v) is 2.68. The largest absolute Gasteiger partial charge is 0.442 e. The molecule has 0 saturated heterocycles. The van der Waals surface area contributed by atoms with Crippen molar-refractivity contribution in [2.45, 2.75) is 25.2 Å². The number of carbonyl (C=O) groups is 1. The number of hydrogen-bond donors (Lipinski definition) is 3. The van der Waals surface area contributed by atoms with Gasteiger partial charge in [0.25, 0.3) is 0 Å². The highest BCUT2D eigenvalue weighted by Crippen LogP contribution is 2.42. The summed E-state index contributed by atoms with van der Waals surface area (Å²) in [5.74, 6) is 1.93. The molecule has 1 aliphatic carbocycles. The van der Waals surface area contributed by atoms with Gasteiger partial charge in [0.15, 0.2) is 12.2 Å². The minimum atomic E-state index is -0.346. The number of nitrogens with one attached hydrogen (secondary N) is 2. The first-order chi connectivity index (χ1) is 13.2. The second kappa shape index (κ2) is 7.40. The summed E-state index contributed by atoms with van der Waals surface area (Å²) < 4.78 is 5.23. The average Bonchev–Trinajstić information content (AvgIpc) is 3.36. The maximum Gasteiger partial charge on any atom is 0.229 e. The van der Waals surface area contributed by atoms with E-state index in [2.05, 4.69) is 30.6 Å². The molecule has 0 bridgehead atoms. The molecule has 0 aliphatic heterocycles. The van der Waals surface area contributed by atoms with Gasteiger partial charge in [0.05, 0.1) is 18.1 Å². The smallest absolute Gasteiger partial charge is 0.229 e. The number of pyridine rings is 1. The van der Waals surface area contributed by atoms with Gasteiger partial charge in [-0.2, -0.15) is 4.98 Å². The van der Waals surface area contributed by atoms with Crippen molar-refractivity contribution < 1.29 is 9.21 Å². The zero-order chi connectivity index (χ0) is 18.6. The third-order valence-corrected chi connectivity index (χ3v) is 4.20. The van der Waals surface area contributed by atoms with Gasteiger partial charge in [-0.15, -0.1) is 0 Å². The van der Waals surface area contributed by atoms with E-state index >= 15 is 0 Å². The van der Waals surface area contributed by atoms with Crippen molar-refractivity contribution >= 4 is 23.4 Å². The minimum absolute atomic E-state index is 0.254. The van der Waals surface area contributed by atoms with Crippen molar-refractivity contribution in [2.75, 3.05) is 17.2 Å². The number of primary amides is 1. The van der Waals surface area contributed by atoms with Crippen LogP contribution in [0.3, 0.4) is 0 Å². The van der Waals surface area contributed by atoms with Crippen molar-refractivity contribution in [3.05, 3.63) is 42.7 Å². The van der Waals surface area contributed by atoms with E-state index in [0.717, 1.165) is 29.9 Å². The van der Waals surface area contributed by atoms with Crippen LogP contribution in [0.1, 0.15) is 30.7 Å². The number of amides is 1. The first-order valence-electron chi connectivity index (χ1n) is 8.70. The molecule has 0 spiro atoms. The number of hydrogen-bond acceptors (Lipinski definition) is 8. The Morgan fingerprint density at radius 1 is 1.22 bits per heavy atom. The van der Waals surface area contributed by atoms with Crippen LogP contribution in [0.5, 0.6) is 0 Å². The quantitative estimate of drug-likeness (QED) is 0.554. The van der Waals surface area contributed by atoms with Gasteiger partial charge in [0.1, 0.15) is 11.5 Å². The Morgan fingerprint density at radius 2 is 2.11 bits per heavy atom. The first-order valence-corrected chi connectivity index (χ1v) is 8.70. The molecular weight excluding hydrogens is 346 g/mol. The summed E-state index contributed by atoms with van der Waals surface area (Å²) in [5, 5.41) is 6.33. The molecule has 9 heteroatoms. The van der Waals surface area contributed by atoms with Gasteiger partial charge in [-0.1, -0.05) is 0 Å². The van der Waals surface area contributed by atoms with Gasteiger partial charge in [0.2, 0.25) is 11.9 Å². The molecule has 1 amide bonds. The van der Waals surface area contributed by atoms with Crippen LogP contribution in [0.2, 0.25) is 0 Å². The van der Waals surface area contributed by atoms with Crippen LogP contribution < -0.4 is 16.4 Å². The molecule has 3 aromatic heterocycles.